The van der Waals surface area contributed by atoms with E-state index in [0.717, 1.165) is 0 Å². The molecule has 0 aliphatic rings. The first-order valence-corrected chi connectivity index (χ1v) is 4.06. The molecule has 0 aliphatic carbocycles. The van der Waals surface area contributed by atoms with Gasteiger partial charge in [-0.1, -0.05) is 0 Å². The van der Waals surface area contributed by atoms with E-state index >= 15 is 0 Å². The number of methoxy groups -OCH3 is 2. The molecule has 0 aromatic heterocycles. The predicted octanol–water partition coefficient (Wildman–Crippen LogP) is 1.47. The average Bonchev–Trinajstić information content (AvgIpc) is 2.17. The number of rotatable bonds is 2. The van der Waals surface area contributed by atoms with Crippen molar-refractivity contribution in [2.75, 3.05) is 20.0 Å². The second-order valence-corrected chi connectivity index (χ2v) is 2.81. The number of nitriles is 1. The van der Waals surface area contributed by atoms with E-state index in [1.807, 2.05) is 6.07 Å². The Morgan fingerprint density at radius 1 is 1.36 bits per heavy atom. The van der Waals surface area contributed by atoms with Crippen LogP contribution in [0.2, 0.25) is 0 Å². The summed E-state index contributed by atoms with van der Waals surface area (Å²) in [5.41, 5.74) is 7.21. The summed E-state index contributed by atoms with van der Waals surface area (Å²) >= 11 is 0. The quantitative estimate of drug-likeness (QED) is 0.720. The third kappa shape index (κ3) is 1.44. The standard InChI is InChI=1S/C10H12N2O2/c1-6-7(5-11)8(12)4-9(13-2)10(6)14-3/h4H,12H2,1-3H3. The van der Waals surface area contributed by atoms with E-state index in [2.05, 4.69) is 0 Å². The third-order valence-corrected chi connectivity index (χ3v) is 2.05. The molecule has 0 radical (unpaired) electrons. The van der Waals surface area contributed by atoms with Gasteiger partial charge in [0.1, 0.15) is 6.07 Å². The predicted molar refractivity (Wildman–Crippen MR) is 53.4 cm³/mol. The van der Waals surface area contributed by atoms with Crippen molar-refractivity contribution in [1.29, 1.82) is 5.26 Å². The third-order valence-electron chi connectivity index (χ3n) is 2.05. The van der Waals surface area contributed by atoms with E-state index in [-0.39, 0.29) is 0 Å². The minimum Gasteiger partial charge on any atom is -0.493 e. The Bertz CT molecular complexity index is 394. The molecule has 0 saturated carbocycles. The van der Waals surface area contributed by atoms with Gasteiger partial charge in [0.2, 0.25) is 0 Å². The first-order chi connectivity index (χ1) is 6.65. The normalized spacial score (nSPS) is 9.29. The Morgan fingerprint density at radius 3 is 2.43 bits per heavy atom. The van der Waals surface area contributed by atoms with Crippen LogP contribution in [-0.2, 0) is 0 Å². The molecule has 1 aromatic carbocycles. The summed E-state index contributed by atoms with van der Waals surface area (Å²) in [6.45, 7) is 1.77. The molecular formula is C10H12N2O2. The fraction of sp³-hybridized carbons (Fsp3) is 0.300. The van der Waals surface area contributed by atoms with E-state index in [1.165, 1.54) is 14.2 Å². The van der Waals surface area contributed by atoms with Gasteiger partial charge in [-0.05, 0) is 6.92 Å². The van der Waals surface area contributed by atoms with Crippen molar-refractivity contribution in [3.05, 3.63) is 17.2 Å². The fourth-order valence-corrected chi connectivity index (χ4v) is 1.35. The molecule has 4 nitrogen and oxygen atoms in total. The SMILES string of the molecule is COc1cc(N)c(C#N)c(C)c1OC. The van der Waals surface area contributed by atoms with Gasteiger partial charge in [0.25, 0.3) is 0 Å². The van der Waals surface area contributed by atoms with Crippen LogP contribution in [0.4, 0.5) is 5.69 Å². The van der Waals surface area contributed by atoms with Crippen molar-refractivity contribution < 1.29 is 9.47 Å². The number of anilines is 1. The second-order valence-electron chi connectivity index (χ2n) is 2.81. The lowest BCUT2D eigenvalue weighted by molar-refractivity contribution is 0.353. The number of hydrogen-bond acceptors (Lipinski definition) is 4. The van der Waals surface area contributed by atoms with Gasteiger partial charge in [-0.3, -0.25) is 0 Å². The van der Waals surface area contributed by atoms with E-state index in [1.54, 1.807) is 13.0 Å². The van der Waals surface area contributed by atoms with Gasteiger partial charge in [-0.25, -0.2) is 0 Å². The van der Waals surface area contributed by atoms with Crippen molar-refractivity contribution in [3.8, 4) is 17.6 Å². The fourth-order valence-electron chi connectivity index (χ4n) is 1.35. The Kier molecular flexibility index (Phi) is 2.82. The molecule has 0 aliphatic heterocycles. The van der Waals surface area contributed by atoms with Gasteiger partial charge >= 0.3 is 0 Å². The minimum absolute atomic E-state index is 0.405. The van der Waals surface area contributed by atoms with Gasteiger partial charge in [0.05, 0.1) is 25.5 Å². The first-order valence-electron chi connectivity index (χ1n) is 4.06. The highest BCUT2D eigenvalue weighted by atomic mass is 16.5. The summed E-state index contributed by atoms with van der Waals surface area (Å²) in [4.78, 5) is 0. The van der Waals surface area contributed by atoms with Gasteiger partial charge in [-0.2, -0.15) is 5.26 Å². The maximum Gasteiger partial charge on any atom is 0.165 e. The molecule has 1 rings (SSSR count). The lowest BCUT2D eigenvalue weighted by Gasteiger charge is -2.12. The highest BCUT2D eigenvalue weighted by Gasteiger charge is 2.14. The lowest BCUT2D eigenvalue weighted by atomic mass is 10.1. The molecule has 0 saturated heterocycles. The monoisotopic (exact) mass is 192 g/mol. The van der Waals surface area contributed by atoms with E-state index < -0.39 is 0 Å². The van der Waals surface area contributed by atoms with Crippen LogP contribution in [0.5, 0.6) is 11.5 Å². The number of nitrogens with two attached hydrogens (primary N) is 1. The van der Waals surface area contributed by atoms with Crippen molar-refractivity contribution >= 4 is 5.69 Å². The number of nitrogens with zero attached hydrogens (tertiary/aromatic N) is 1. The van der Waals surface area contributed by atoms with Crippen molar-refractivity contribution in [1.82, 2.24) is 0 Å². The molecule has 0 fully saturated rings. The van der Waals surface area contributed by atoms with Crippen molar-refractivity contribution in [2.45, 2.75) is 6.92 Å². The van der Waals surface area contributed by atoms with Crippen LogP contribution in [0.25, 0.3) is 0 Å². The van der Waals surface area contributed by atoms with E-state index in [0.29, 0.717) is 28.3 Å². The smallest absolute Gasteiger partial charge is 0.165 e. The highest BCUT2D eigenvalue weighted by molar-refractivity contribution is 5.67. The molecule has 0 bridgehead atoms. The molecule has 0 unspecified atom stereocenters. The van der Waals surface area contributed by atoms with Gasteiger partial charge in [-0.15, -0.1) is 0 Å². The Balaban J connectivity index is 3.49. The van der Waals surface area contributed by atoms with Crippen molar-refractivity contribution in [3.63, 3.8) is 0 Å². The second kappa shape index (κ2) is 3.88. The Hall–Kier alpha value is -1.89. The summed E-state index contributed by atoms with van der Waals surface area (Å²) in [5, 5.41) is 8.86. The van der Waals surface area contributed by atoms with Crippen LogP contribution >= 0.6 is 0 Å². The van der Waals surface area contributed by atoms with Crippen molar-refractivity contribution in [2.24, 2.45) is 0 Å². The largest absolute Gasteiger partial charge is 0.493 e. The summed E-state index contributed by atoms with van der Waals surface area (Å²) in [7, 11) is 3.06. The zero-order valence-electron chi connectivity index (χ0n) is 8.42. The van der Waals surface area contributed by atoms with Crippen LogP contribution in [0.1, 0.15) is 11.1 Å². The molecule has 2 N–H and O–H groups in total. The van der Waals surface area contributed by atoms with Crippen LogP contribution in [0.15, 0.2) is 6.07 Å². The Labute approximate surface area is 82.9 Å². The zero-order valence-corrected chi connectivity index (χ0v) is 8.42. The van der Waals surface area contributed by atoms with E-state index in [4.69, 9.17) is 20.5 Å². The molecule has 14 heavy (non-hydrogen) atoms. The molecule has 4 heteroatoms. The van der Waals surface area contributed by atoms with Crippen LogP contribution in [0, 0.1) is 18.3 Å². The Morgan fingerprint density at radius 2 is 2.00 bits per heavy atom. The summed E-state index contributed by atoms with van der Waals surface area (Å²) < 4.78 is 10.2. The number of nitrogen functional groups attached to an aromatic ring is 1. The molecule has 0 atom stereocenters. The molecule has 0 heterocycles. The van der Waals surface area contributed by atoms with Gasteiger partial charge in [0.15, 0.2) is 11.5 Å². The first kappa shape index (κ1) is 10.2. The number of benzene rings is 1. The number of hydrogen-bond donors (Lipinski definition) is 1. The topological polar surface area (TPSA) is 68.3 Å². The summed E-state index contributed by atoms with van der Waals surface area (Å²) in [5.74, 6) is 1.10. The summed E-state index contributed by atoms with van der Waals surface area (Å²) in [6, 6.07) is 3.62. The van der Waals surface area contributed by atoms with E-state index in [9.17, 15) is 0 Å². The molecule has 1 aromatic rings. The van der Waals surface area contributed by atoms with Crippen LogP contribution < -0.4 is 15.2 Å². The van der Waals surface area contributed by atoms with Crippen LogP contribution in [0.3, 0.4) is 0 Å². The number of ether oxygens (including phenoxy) is 2. The summed E-state index contributed by atoms with van der Waals surface area (Å²) in [6.07, 6.45) is 0. The molecule has 74 valence electrons. The molecule has 0 amide bonds. The maximum atomic E-state index is 8.86. The lowest BCUT2D eigenvalue weighted by Crippen LogP contribution is -2.00. The van der Waals surface area contributed by atoms with Crippen LogP contribution in [-0.4, -0.2) is 14.2 Å². The zero-order chi connectivity index (χ0) is 10.7. The maximum absolute atomic E-state index is 8.86. The molecular weight excluding hydrogens is 180 g/mol. The highest BCUT2D eigenvalue weighted by Crippen LogP contribution is 2.35. The molecule has 0 spiro atoms. The minimum atomic E-state index is 0.405. The van der Waals surface area contributed by atoms with Gasteiger partial charge < -0.3 is 15.2 Å². The van der Waals surface area contributed by atoms with Gasteiger partial charge in [0, 0.05) is 11.6 Å². The average molecular weight is 192 g/mol.